The summed E-state index contributed by atoms with van der Waals surface area (Å²) in [5, 5.41) is 2.81. The largest absolute Gasteiger partial charge is 0.328 e. The van der Waals surface area contributed by atoms with E-state index in [4.69, 9.17) is 5.73 Å². The fourth-order valence-corrected chi connectivity index (χ4v) is 2.88. The van der Waals surface area contributed by atoms with E-state index in [1.807, 2.05) is 0 Å². The first-order valence-corrected chi connectivity index (χ1v) is 7.63. The summed E-state index contributed by atoms with van der Waals surface area (Å²) in [4.78, 5) is 14.3. The molecule has 116 valence electrons. The van der Waals surface area contributed by atoms with Gasteiger partial charge in [0.1, 0.15) is 5.82 Å². The minimum Gasteiger partial charge on any atom is -0.328 e. The van der Waals surface area contributed by atoms with E-state index in [-0.39, 0.29) is 11.7 Å². The van der Waals surface area contributed by atoms with Crippen molar-refractivity contribution in [1.82, 2.24) is 4.90 Å². The van der Waals surface area contributed by atoms with Gasteiger partial charge in [-0.05, 0) is 56.5 Å². The molecule has 1 aromatic carbocycles. The Labute approximate surface area is 125 Å². The van der Waals surface area contributed by atoms with Gasteiger partial charge >= 0.3 is 0 Å². The van der Waals surface area contributed by atoms with Crippen molar-refractivity contribution in [3.63, 3.8) is 0 Å². The lowest BCUT2D eigenvalue weighted by atomic mass is 9.91. The van der Waals surface area contributed by atoms with Crippen LogP contribution in [0.25, 0.3) is 0 Å². The quantitative estimate of drug-likeness (QED) is 0.876. The number of carbonyl (C=O) groups is 1. The number of rotatable bonds is 5. The minimum absolute atomic E-state index is 0.0571. The van der Waals surface area contributed by atoms with Crippen LogP contribution in [0, 0.1) is 5.82 Å². The minimum atomic E-state index is -0.304. The molecule has 0 bridgehead atoms. The lowest BCUT2D eigenvalue weighted by Gasteiger charge is -2.34. The van der Waals surface area contributed by atoms with Gasteiger partial charge in [-0.15, -0.1) is 0 Å². The third kappa shape index (κ3) is 4.79. The second-order valence-corrected chi connectivity index (χ2v) is 5.69. The van der Waals surface area contributed by atoms with E-state index in [1.54, 1.807) is 12.1 Å². The van der Waals surface area contributed by atoms with E-state index in [2.05, 4.69) is 17.1 Å². The molecule has 0 radical (unpaired) electrons. The first-order valence-electron chi connectivity index (χ1n) is 7.63. The van der Waals surface area contributed by atoms with Crippen molar-refractivity contribution in [2.24, 2.45) is 5.73 Å². The molecule has 0 atom stereocenters. The van der Waals surface area contributed by atoms with Crippen molar-refractivity contribution in [2.45, 2.75) is 44.7 Å². The van der Waals surface area contributed by atoms with Gasteiger partial charge in [0.15, 0.2) is 0 Å². The van der Waals surface area contributed by atoms with E-state index >= 15 is 0 Å². The molecule has 4 nitrogen and oxygen atoms in total. The molecule has 21 heavy (non-hydrogen) atoms. The summed E-state index contributed by atoms with van der Waals surface area (Å²) in [6.45, 7) is 3.28. The van der Waals surface area contributed by atoms with Crippen LogP contribution in [0.4, 0.5) is 10.1 Å². The van der Waals surface area contributed by atoms with Gasteiger partial charge in [0.2, 0.25) is 5.91 Å². The Hall–Kier alpha value is -1.46. The zero-order valence-corrected chi connectivity index (χ0v) is 12.5. The SMILES string of the molecule is CCN(CC(=O)Nc1ccc(F)cc1)C1CCC(N)CC1. The molecule has 1 saturated carbocycles. The number of halogens is 1. The first kappa shape index (κ1) is 15.9. The molecule has 1 amide bonds. The third-order valence-corrected chi connectivity index (χ3v) is 4.14. The molecule has 0 spiro atoms. The topological polar surface area (TPSA) is 58.4 Å². The van der Waals surface area contributed by atoms with Crippen molar-refractivity contribution in [3.8, 4) is 0 Å². The van der Waals surface area contributed by atoms with Crippen molar-refractivity contribution < 1.29 is 9.18 Å². The van der Waals surface area contributed by atoms with Crippen molar-refractivity contribution >= 4 is 11.6 Å². The van der Waals surface area contributed by atoms with E-state index in [9.17, 15) is 9.18 Å². The second kappa shape index (κ2) is 7.52. The average molecular weight is 293 g/mol. The fraction of sp³-hybridized carbons (Fsp3) is 0.562. The smallest absolute Gasteiger partial charge is 0.238 e. The Morgan fingerprint density at radius 1 is 1.29 bits per heavy atom. The molecule has 3 N–H and O–H groups in total. The highest BCUT2D eigenvalue weighted by molar-refractivity contribution is 5.92. The van der Waals surface area contributed by atoms with Crippen LogP contribution >= 0.6 is 0 Å². The Morgan fingerprint density at radius 2 is 1.90 bits per heavy atom. The van der Waals surface area contributed by atoms with Crippen LogP contribution in [0.3, 0.4) is 0 Å². The van der Waals surface area contributed by atoms with E-state index in [0.29, 0.717) is 24.3 Å². The first-order chi connectivity index (χ1) is 10.1. The lowest BCUT2D eigenvalue weighted by molar-refractivity contribution is -0.118. The number of hydrogen-bond acceptors (Lipinski definition) is 3. The van der Waals surface area contributed by atoms with Gasteiger partial charge in [-0.1, -0.05) is 6.92 Å². The zero-order valence-electron chi connectivity index (χ0n) is 12.5. The Morgan fingerprint density at radius 3 is 2.48 bits per heavy atom. The number of carbonyl (C=O) groups excluding carboxylic acids is 1. The second-order valence-electron chi connectivity index (χ2n) is 5.69. The van der Waals surface area contributed by atoms with Crippen LogP contribution in [0.5, 0.6) is 0 Å². The van der Waals surface area contributed by atoms with Gasteiger partial charge in [-0.3, -0.25) is 9.69 Å². The molecule has 0 unspecified atom stereocenters. The summed E-state index contributed by atoms with van der Waals surface area (Å²) < 4.78 is 12.8. The highest BCUT2D eigenvalue weighted by atomic mass is 19.1. The number of hydrogen-bond donors (Lipinski definition) is 2. The van der Waals surface area contributed by atoms with Gasteiger partial charge < -0.3 is 11.1 Å². The Balaban J connectivity index is 1.86. The number of benzene rings is 1. The van der Waals surface area contributed by atoms with Crippen molar-refractivity contribution in [1.29, 1.82) is 0 Å². The van der Waals surface area contributed by atoms with Gasteiger partial charge in [-0.25, -0.2) is 4.39 Å². The highest BCUT2D eigenvalue weighted by Gasteiger charge is 2.24. The normalized spacial score (nSPS) is 22.3. The zero-order chi connectivity index (χ0) is 15.2. The summed E-state index contributed by atoms with van der Waals surface area (Å²) >= 11 is 0. The fourth-order valence-electron chi connectivity index (χ4n) is 2.88. The molecule has 1 aromatic rings. The number of nitrogens with two attached hydrogens (primary N) is 1. The summed E-state index contributed by atoms with van der Waals surface area (Å²) in [5.74, 6) is -0.361. The predicted molar refractivity (Wildman–Crippen MR) is 82.5 cm³/mol. The van der Waals surface area contributed by atoms with Crippen LogP contribution in [-0.2, 0) is 4.79 Å². The number of amides is 1. The number of anilines is 1. The Kier molecular flexibility index (Phi) is 5.70. The highest BCUT2D eigenvalue weighted by Crippen LogP contribution is 2.22. The summed E-state index contributed by atoms with van der Waals surface area (Å²) in [6, 6.07) is 6.58. The lowest BCUT2D eigenvalue weighted by Crippen LogP contribution is -2.44. The van der Waals surface area contributed by atoms with E-state index < -0.39 is 0 Å². The molecule has 1 aliphatic rings. The van der Waals surface area contributed by atoms with Gasteiger partial charge in [0, 0.05) is 17.8 Å². The monoisotopic (exact) mass is 293 g/mol. The van der Waals surface area contributed by atoms with Crippen LogP contribution in [0.2, 0.25) is 0 Å². The number of likely N-dealkylation sites (N-methyl/N-ethyl adjacent to an activating group) is 1. The van der Waals surface area contributed by atoms with Crippen LogP contribution in [-0.4, -0.2) is 36.0 Å². The number of nitrogens with zero attached hydrogens (tertiary/aromatic N) is 1. The Bertz CT molecular complexity index is 455. The molecular formula is C16H24FN3O. The summed E-state index contributed by atoms with van der Waals surface area (Å²) in [5.41, 5.74) is 6.55. The van der Waals surface area contributed by atoms with E-state index in [1.165, 1.54) is 12.1 Å². The average Bonchev–Trinajstić information content (AvgIpc) is 2.48. The summed E-state index contributed by atoms with van der Waals surface area (Å²) in [7, 11) is 0. The molecule has 0 saturated heterocycles. The molecule has 0 heterocycles. The molecular weight excluding hydrogens is 269 g/mol. The predicted octanol–water partition coefficient (Wildman–Crippen LogP) is 2.36. The third-order valence-electron chi connectivity index (χ3n) is 4.14. The number of nitrogens with one attached hydrogen (secondary N) is 1. The standard InChI is InChI=1S/C16H24FN3O/c1-2-20(15-9-5-13(18)6-10-15)11-16(21)19-14-7-3-12(17)4-8-14/h3-4,7-8,13,15H,2,5-6,9-11,18H2,1H3,(H,19,21). The molecule has 1 fully saturated rings. The van der Waals surface area contributed by atoms with Crippen LogP contribution in [0.15, 0.2) is 24.3 Å². The van der Waals surface area contributed by atoms with E-state index in [0.717, 1.165) is 32.2 Å². The molecule has 1 aliphatic carbocycles. The maximum Gasteiger partial charge on any atom is 0.238 e. The molecule has 0 aliphatic heterocycles. The maximum absolute atomic E-state index is 12.8. The van der Waals surface area contributed by atoms with Crippen molar-refractivity contribution in [2.75, 3.05) is 18.4 Å². The van der Waals surface area contributed by atoms with Gasteiger partial charge in [0.25, 0.3) is 0 Å². The van der Waals surface area contributed by atoms with Crippen molar-refractivity contribution in [3.05, 3.63) is 30.1 Å². The molecule has 5 heteroatoms. The van der Waals surface area contributed by atoms with Gasteiger partial charge in [0.05, 0.1) is 6.54 Å². The van der Waals surface area contributed by atoms with Gasteiger partial charge in [-0.2, -0.15) is 0 Å². The van der Waals surface area contributed by atoms with Crippen LogP contribution in [0.1, 0.15) is 32.6 Å². The van der Waals surface area contributed by atoms with Crippen LogP contribution < -0.4 is 11.1 Å². The maximum atomic E-state index is 12.8. The summed E-state index contributed by atoms with van der Waals surface area (Å²) in [6.07, 6.45) is 4.17. The molecule has 2 rings (SSSR count). The molecule has 0 aromatic heterocycles.